The van der Waals surface area contributed by atoms with Crippen LogP contribution in [0.15, 0.2) is 0 Å². The largest absolute Gasteiger partial charge is 0.760 e. The van der Waals surface area contributed by atoms with Crippen molar-refractivity contribution in [3.63, 3.8) is 0 Å². The van der Waals surface area contributed by atoms with Crippen LogP contribution < -0.4 is 0 Å². The predicted octanol–water partition coefficient (Wildman–Crippen LogP) is 0.511. The lowest BCUT2D eigenvalue weighted by Gasteiger charge is -2.22. The van der Waals surface area contributed by atoms with Crippen LogP contribution in [0.25, 0.3) is 0 Å². The van der Waals surface area contributed by atoms with Gasteiger partial charge in [0.2, 0.25) is 0 Å². The second-order valence-corrected chi connectivity index (χ2v) is 3.91. The van der Waals surface area contributed by atoms with E-state index in [0.717, 1.165) is 6.42 Å². The van der Waals surface area contributed by atoms with Crippen LogP contribution in [0, 0.1) is 5.92 Å². The zero-order chi connectivity index (χ0) is 7.72. The van der Waals surface area contributed by atoms with Gasteiger partial charge in [-0.3, -0.25) is 4.21 Å². The average molecular weight is 162 g/mol. The van der Waals surface area contributed by atoms with E-state index in [-0.39, 0.29) is 6.04 Å². The quantitative estimate of drug-likeness (QED) is 0.527. The summed E-state index contributed by atoms with van der Waals surface area (Å²) in [5.41, 5.74) is 0. The van der Waals surface area contributed by atoms with Crippen molar-refractivity contribution >= 4 is 11.3 Å². The molecule has 1 aliphatic heterocycles. The predicted molar refractivity (Wildman–Crippen MR) is 38.9 cm³/mol. The lowest BCUT2D eigenvalue weighted by Crippen LogP contribution is -2.28. The zero-order valence-electron chi connectivity index (χ0n) is 6.24. The highest BCUT2D eigenvalue weighted by molar-refractivity contribution is 7.76. The second-order valence-electron chi connectivity index (χ2n) is 3.01. The monoisotopic (exact) mass is 162 g/mol. The van der Waals surface area contributed by atoms with Gasteiger partial charge >= 0.3 is 0 Å². The van der Waals surface area contributed by atoms with Gasteiger partial charge in [-0.15, -0.1) is 0 Å². The summed E-state index contributed by atoms with van der Waals surface area (Å²) in [6.45, 7) is 4.71. The van der Waals surface area contributed by atoms with Gasteiger partial charge in [0.05, 0.1) is 0 Å². The molecule has 0 aromatic carbocycles. The minimum Gasteiger partial charge on any atom is -0.760 e. The van der Waals surface area contributed by atoms with E-state index in [1.54, 1.807) is 0 Å². The highest BCUT2D eigenvalue weighted by atomic mass is 32.2. The van der Waals surface area contributed by atoms with Crippen molar-refractivity contribution in [3.8, 4) is 0 Å². The molecule has 0 aromatic rings. The summed E-state index contributed by atoms with van der Waals surface area (Å²) in [6.07, 6.45) is 0.994. The molecule has 3 atom stereocenters. The zero-order valence-corrected chi connectivity index (χ0v) is 7.06. The fourth-order valence-electron chi connectivity index (χ4n) is 1.47. The van der Waals surface area contributed by atoms with E-state index in [4.69, 9.17) is 0 Å². The van der Waals surface area contributed by atoms with Crippen LogP contribution in [0.2, 0.25) is 0 Å². The molecule has 1 rings (SSSR count). The molecule has 0 N–H and O–H groups in total. The molecular formula is C6H12NO2S-. The van der Waals surface area contributed by atoms with Crippen molar-refractivity contribution in [2.24, 2.45) is 5.92 Å². The van der Waals surface area contributed by atoms with Crippen LogP contribution in [0.4, 0.5) is 0 Å². The lowest BCUT2D eigenvalue weighted by molar-refractivity contribution is 0.382. The SMILES string of the molecule is CC1CC(C)N(S(=O)[O-])C1. The maximum absolute atomic E-state index is 10.5. The summed E-state index contributed by atoms with van der Waals surface area (Å²) >= 11 is -2.01. The third kappa shape index (κ3) is 1.56. The standard InChI is InChI=1S/C6H13NO2S/c1-5-3-6(2)7(4-5)10(8)9/h5-6H,3-4H2,1-2H3,(H,8,9)/p-1. The van der Waals surface area contributed by atoms with Gasteiger partial charge in [-0.25, -0.2) is 4.31 Å². The first kappa shape index (κ1) is 8.17. The molecule has 0 amide bonds. The highest BCUT2D eigenvalue weighted by Crippen LogP contribution is 2.22. The molecule has 0 aromatic heterocycles. The summed E-state index contributed by atoms with van der Waals surface area (Å²) < 4.78 is 22.5. The summed E-state index contributed by atoms with van der Waals surface area (Å²) in [6, 6.07) is 0.202. The molecule has 4 heteroatoms. The van der Waals surface area contributed by atoms with Gasteiger partial charge in [0.15, 0.2) is 0 Å². The molecule has 1 fully saturated rings. The Morgan fingerprint density at radius 1 is 1.60 bits per heavy atom. The van der Waals surface area contributed by atoms with Gasteiger partial charge in [-0.05, 0) is 19.3 Å². The molecule has 1 heterocycles. The first-order valence-electron chi connectivity index (χ1n) is 3.47. The van der Waals surface area contributed by atoms with E-state index in [9.17, 15) is 8.76 Å². The molecule has 0 bridgehead atoms. The van der Waals surface area contributed by atoms with Gasteiger partial charge in [-0.2, -0.15) is 0 Å². The molecule has 0 spiro atoms. The smallest absolute Gasteiger partial charge is 0.0211 e. The summed E-state index contributed by atoms with van der Waals surface area (Å²) in [4.78, 5) is 0. The van der Waals surface area contributed by atoms with E-state index in [0.29, 0.717) is 12.5 Å². The van der Waals surface area contributed by atoms with E-state index in [1.165, 1.54) is 4.31 Å². The van der Waals surface area contributed by atoms with Crippen LogP contribution in [0.5, 0.6) is 0 Å². The molecule has 0 radical (unpaired) electrons. The molecule has 0 aliphatic carbocycles. The van der Waals surface area contributed by atoms with Crippen LogP contribution >= 0.6 is 0 Å². The first-order valence-corrected chi connectivity index (χ1v) is 4.50. The molecule has 3 nitrogen and oxygen atoms in total. The Kier molecular flexibility index (Phi) is 2.44. The Bertz CT molecular complexity index is 151. The van der Waals surface area contributed by atoms with Crippen molar-refractivity contribution in [2.45, 2.75) is 26.3 Å². The summed E-state index contributed by atoms with van der Waals surface area (Å²) in [5, 5.41) is 0. The highest BCUT2D eigenvalue weighted by Gasteiger charge is 2.26. The molecule has 10 heavy (non-hydrogen) atoms. The van der Waals surface area contributed by atoms with Crippen LogP contribution in [-0.2, 0) is 11.3 Å². The van der Waals surface area contributed by atoms with Gasteiger partial charge in [-0.1, -0.05) is 6.92 Å². The van der Waals surface area contributed by atoms with E-state index < -0.39 is 11.3 Å². The van der Waals surface area contributed by atoms with E-state index in [1.807, 2.05) is 6.92 Å². The maximum atomic E-state index is 10.5. The van der Waals surface area contributed by atoms with Crippen LogP contribution in [0.3, 0.4) is 0 Å². The second kappa shape index (κ2) is 2.98. The van der Waals surface area contributed by atoms with Crippen molar-refractivity contribution in [2.75, 3.05) is 6.54 Å². The number of rotatable bonds is 1. The molecular weight excluding hydrogens is 150 g/mol. The van der Waals surface area contributed by atoms with Crippen molar-refractivity contribution in [1.82, 2.24) is 4.31 Å². The Morgan fingerprint density at radius 2 is 2.20 bits per heavy atom. The van der Waals surface area contributed by atoms with Gasteiger partial charge in [0.1, 0.15) is 0 Å². The molecule has 1 saturated heterocycles. The Balaban J connectivity index is 2.54. The molecule has 3 unspecified atom stereocenters. The average Bonchev–Trinajstić information content (AvgIpc) is 2.10. The fraction of sp³-hybridized carbons (Fsp3) is 1.00. The van der Waals surface area contributed by atoms with E-state index in [2.05, 4.69) is 6.92 Å². The molecule has 60 valence electrons. The van der Waals surface area contributed by atoms with Crippen molar-refractivity contribution in [3.05, 3.63) is 0 Å². The third-order valence-electron chi connectivity index (χ3n) is 1.92. The number of hydrogen-bond donors (Lipinski definition) is 0. The van der Waals surface area contributed by atoms with Gasteiger partial charge in [0, 0.05) is 23.9 Å². The first-order chi connectivity index (χ1) is 4.61. The minimum absolute atomic E-state index is 0.202. The van der Waals surface area contributed by atoms with Crippen LogP contribution in [0.1, 0.15) is 20.3 Å². The number of hydrogen-bond acceptors (Lipinski definition) is 2. The number of nitrogens with zero attached hydrogens (tertiary/aromatic N) is 1. The lowest BCUT2D eigenvalue weighted by atomic mass is 10.1. The summed E-state index contributed by atoms with van der Waals surface area (Å²) in [5.74, 6) is 0.521. The van der Waals surface area contributed by atoms with Gasteiger partial charge < -0.3 is 4.55 Å². The normalized spacial score (nSPS) is 38.3. The fourth-order valence-corrected chi connectivity index (χ4v) is 2.23. The Labute approximate surface area is 63.8 Å². The minimum atomic E-state index is -2.01. The maximum Gasteiger partial charge on any atom is 0.0211 e. The van der Waals surface area contributed by atoms with Gasteiger partial charge in [0.25, 0.3) is 0 Å². The Hall–Kier alpha value is 0.0700. The third-order valence-corrected chi connectivity index (χ3v) is 2.81. The Morgan fingerprint density at radius 3 is 2.40 bits per heavy atom. The van der Waals surface area contributed by atoms with E-state index >= 15 is 0 Å². The topological polar surface area (TPSA) is 43.4 Å². The van der Waals surface area contributed by atoms with Crippen LogP contribution in [-0.4, -0.2) is 25.7 Å². The van der Waals surface area contributed by atoms with Crippen molar-refractivity contribution < 1.29 is 8.76 Å². The molecule has 0 saturated carbocycles. The molecule has 1 aliphatic rings. The van der Waals surface area contributed by atoms with Crippen molar-refractivity contribution in [1.29, 1.82) is 0 Å². The summed E-state index contributed by atoms with van der Waals surface area (Å²) in [7, 11) is 0.